The van der Waals surface area contributed by atoms with Gasteiger partial charge in [0.15, 0.2) is 11.5 Å². The van der Waals surface area contributed by atoms with Crippen molar-refractivity contribution in [2.45, 2.75) is 37.6 Å². The van der Waals surface area contributed by atoms with E-state index in [-0.39, 0.29) is 22.6 Å². The Kier molecular flexibility index (Phi) is 5.86. The van der Waals surface area contributed by atoms with Crippen LogP contribution < -0.4 is 19.5 Å². The molecule has 164 valence electrons. The Bertz CT molecular complexity index is 1130. The zero-order chi connectivity index (χ0) is 22.0. The number of benzene rings is 2. The molecular weight excluding hydrogens is 418 g/mol. The number of carbonyl (C=O) groups excluding carboxylic acids is 1. The van der Waals surface area contributed by atoms with Gasteiger partial charge in [-0.2, -0.15) is 0 Å². The average Bonchev–Trinajstić information content (AvgIpc) is 2.89. The predicted octanol–water partition coefficient (Wildman–Crippen LogP) is 2.94. The van der Waals surface area contributed by atoms with Gasteiger partial charge in [0, 0.05) is 23.7 Å². The fourth-order valence-electron chi connectivity index (χ4n) is 3.49. The monoisotopic (exact) mass is 443 g/mol. The first kappa shape index (κ1) is 21.2. The summed E-state index contributed by atoms with van der Waals surface area (Å²) in [6.07, 6.45) is 1.49. The number of hydrogen-bond acceptors (Lipinski definition) is 6. The maximum Gasteiger partial charge on any atom is 0.263 e. The lowest BCUT2D eigenvalue weighted by Gasteiger charge is -2.20. The van der Waals surface area contributed by atoms with Gasteiger partial charge in [-0.15, -0.1) is 0 Å². The molecular formula is C22H25N3O5S. The van der Waals surface area contributed by atoms with Crippen LogP contribution in [0, 0.1) is 5.92 Å². The summed E-state index contributed by atoms with van der Waals surface area (Å²) in [5, 5.41) is 2.89. The van der Waals surface area contributed by atoms with Crippen molar-refractivity contribution in [3.63, 3.8) is 0 Å². The number of amides is 1. The molecule has 2 heterocycles. The van der Waals surface area contributed by atoms with Crippen LogP contribution in [-0.2, 0) is 14.8 Å². The highest BCUT2D eigenvalue weighted by molar-refractivity contribution is 7.90. The number of ether oxygens (including phenoxy) is 2. The molecule has 2 aromatic carbocycles. The minimum Gasteiger partial charge on any atom is -0.490 e. The zero-order valence-corrected chi connectivity index (χ0v) is 18.2. The first-order valence-corrected chi connectivity index (χ1v) is 11.8. The van der Waals surface area contributed by atoms with Crippen molar-refractivity contribution in [2.24, 2.45) is 10.9 Å². The van der Waals surface area contributed by atoms with Gasteiger partial charge in [-0.3, -0.25) is 14.5 Å². The summed E-state index contributed by atoms with van der Waals surface area (Å²) in [7, 11) is -3.67. The van der Waals surface area contributed by atoms with Crippen molar-refractivity contribution in [1.82, 2.24) is 4.72 Å². The topological polar surface area (TPSA) is 106 Å². The van der Waals surface area contributed by atoms with E-state index in [4.69, 9.17) is 9.47 Å². The van der Waals surface area contributed by atoms with Crippen LogP contribution in [0.1, 0.15) is 32.3 Å². The SMILES string of the molecule is CCC(C)C(N=C1NS(=O)(=O)c2ccccc21)C(=O)Nc1ccc2c(c1)OCCCO2. The summed E-state index contributed by atoms with van der Waals surface area (Å²) in [5.74, 6) is 0.991. The van der Waals surface area contributed by atoms with E-state index in [1.807, 2.05) is 13.8 Å². The number of hydrogen-bond donors (Lipinski definition) is 2. The first-order chi connectivity index (χ1) is 14.9. The molecule has 0 fully saturated rings. The van der Waals surface area contributed by atoms with Crippen molar-refractivity contribution in [1.29, 1.82) is 0 Å². The molecule has 9 heteroatoms. The third-order valence-electron chi connectivity index (χ3n) is 5.40. The Labute approximate surface area is 181 Å². The molecule has 2 aromatic rings. The summed E-state index contributed by atoms with van der Waals surface area (Å²) < 4.78 is 38.6. The van der Waals surface area contributed by atoms with Crippen molar-refractivity contribution in [2.75, 3.05) is 18.5 Å². The second kappa shape index (κ2) is 8.58. The van der Waals surface area contributed by atoms with Crippen LogP contribution in [0.3, 0.4) is 0 Å². The molecule has 1 amide bonds. The molecule has 0 saturated heterocycles. The van der Waals surface area contributed by atoms with Crippen LogP contribution in [0.15, 0.2) is 52.4 Å². The van der Waals surface area contributed by atoms with Crippen LogP contribution in [0.2, 0.25) is 0 Å². The fraction of sp³-hybridized carbons (Fsp3) is 0.364. The van der Waals surface area contributed by atoms with Gasteiger partial charge in [-0.1, -0.05) is 32.4 Å². The molecule has 31 heavy (non-hydrogen) atoms. The highest BCUT2D eigenvalue weighted by Gasteiger charge is 2.33. The van der Waals surface area contributed by atoms with Crippen LogP contribution in [-0.4, -0.2) is 39.4 Å². The second-order valence-corrected chi connectivity index (χ2v) is 9.26. The maximum atomic E-state index is 13.1. The van der Waals surface area contributed by atoms with Gasteiger partial charge in [0.1, 0.15) is 11.9 Å². The number of fused-ring (bicyclic) bond motifs is 2. The Morgan fingerprint density at radius 3 is 2.68 bits per heavy atom. The summed E-state index contributed by atoms with van der Waals surface area (Å²) in [4.78, 5) is 17.8. The fourth-order valence-corrected chi connectivity index (χ4v) is 4.73. The van der Waals surface area contributed by atoms with Gasteiger partial charge in [-0.05, 0) is 30.2 Å². The molecule has 0 radical (unpaired) electrons. The second-order valence-electron chi connectivity index (χ2n) is 7.61. The summed E-state index contributed by atoms with van der Waals surface area (Å²) in [5.41, 5.74) is 1.04. The molecule has 2 N–H and O–H groups in total. The summed E-state index contributed by atoms with van der Waals surface area (Å²) in [6.45, 7) is 5.01. The number of amidine groups is 1. The van der Waals surface area contributed by atoms with E-state index in [2.05, 4.69) is 15.0 Å². The number of nitrogens with zero attached hydrogens (tertiary/aromatic N) is 1. The normalized spacial score (nSPS) is 19.6. The highest BCUT2D eigenvalue weighted by atomic mass is 32.2. The van der Waals surface area contributed by atoms with E-state index < -0.39 is 16.1 Å². The quantitative estimate of drug-likeness (QED) is 0.739. The molecule has 2 aliphatic rings. The Morgan fingerprint density at radius 2 is 1.90 bits per heavy atom. The molecule has 0 spiro atoms. The minimum absolute atomic E-state index is 0.106. The van der Waals surface area contributed by atoms with Crippen molar-refractivity contribution >= 4 is 27.5 Å². The highest BCUT2D eigenvalue weighted by Crippen LogP contribution is 2.32. The third kappa shape index (κ3) is 4.36. The number of aliphatic imine (C=N–C) groups is 1. The van der Waals surface area contributed by atoms with Crippen molar-refractivity contribution < 1.29 is 22.7 Å². The van der Waals surface area contributed by atoms with E-state index in [0.717, 1.165) is 6.42 Å². The van der Waals surface area contributed by atoms with Gasteiger partial charge >= 0.3 is 0 Å². The van der Waals surface area contributed by atoms with E-state index in [0.29, 0.717) is 42.4 Å². The van der Waals surface area contributed by atoms with Crippen LogP contribution in [0.4, 0.5) is 5.69 Å². The molecule has 0 aliphatic carbocycles. The van der Waals surface area contributed by atoms with Crippen LogP contribution in [0.25, 0.3) is 0 Å². The number of rotatable bonds is 5. The molecule has 2 unspecified atom stereocenters. The Morgan fingerprint density at radius 1 is 1.16 bits per heavy atom. The minimum atomic E-state index is -3.67. The standard InChI is InChI=1S/C22H25N3O5S/c1-3-14(2)20(24-21-16-7-4-5-8-19(16)31(27,28)25-21)22(26)23-15-9-10-17-18(13-15)30-12-6-11-29-17/h4-5,7-10,13-14,20H,3,6,11-12H2,1-2H3,(H,23,26)(H,24,25). The molecule has 8 nitrogen and oxygen atoms in total. The Hall–Kier alpha value is -3.07. The number of nitrogens with one attached hydrogen (secondary N) is 2. The van der Waals surface area contributed by atoms with Gasteiger partial charge in [-0.25, -0.2) is 8.42 Å². The lowest BCUT2D eigenvalue weighted by atomic mass is 9.98. The molecule has 0 aromatic heterocycles. The van der Waals surface area contributed by atoms with Crippen LogP contribution >= 0.6 is 0 Å². The van der Waals surface area contributed by atoms with Gasteiger partial charge < -0.3 is 14.8 Å². The molecule has 4 rings (SSSR count). The maximum absolute atomic E-state index is 13.1. The molecule has 0 bridgehead atoms. The van der Waals surface area contributed by atoms with E-state index >= 15 is 0 Å². The van der Waals surface area contributed by atoms with E-state index in [1.165, 1.54) is 6.07 Å². The average molecular weight is 444 g/mol. The van der Waals surface area contributed by atoms with Gasteiger partial charge in [0.2, 0.25) is 5.91 Å². The smallest absolute Gasteiger partial charge is 0.263 e. The molecule has 2 aliphatic heterocycles. The van der Waals surface area contributed by atoms with Gasteiger partial charge in [0.25, 0.3) is 10.0 Å². The lowest BCUT2D eigenvalue weighted by Crippen LogP contribution is -2.34. The number of sulfonamides is 1. The lowest BCUT2D eigenvalue weighted by molar-refractivity contribution is -0.118. The number of carbonyl (C=O) groups is 1. The first-order valence-electron chi connectivity index (χ1n) is 10.3. The molecule has 0 saturated carbocycles. The van der Waals surface area contributed by atoms with E-state index in [1.54, 1.807) is 36.4 Å². The van der Waals surface area contributed by atoms with Crippen LogP contribution in [0.5, 0.6) is 11.5 Å². The predicted molar refractivity (Wildman–Crippen MR) is 117 cm³/mol. The van der Waals surface area contributed by atoms with Gasteiger partial charge in [0.05, 0.1) is 18.1 Å². The van der Waals surface area contributed by atoms with Crippen molar-refractivity contribution in [3.8, 4) is 11.5 Å². The van der Waals surface area contributed by atoms with Crippen molar-refractivity contribution in [3.05, 3.63) is 48.0 Å². The Balaban J connectivity index is 1.61. The summed E-state index contributed by atoms with van der Waals surface area (Å²) in [6, 6.07) is 11.1. The largest absolute Gasteiger partial charge is 0.490 e. The summed E-state index contributed by atoms with van der Waals surface area (Å²) >= 11 is 0. The molecule has 2 atom stereocenters. The van der Waals surface area contributed by atoms with E-state index in [9.17, 15) is 13.2 Å². The zero-order valence-electron chi connectivity index (χ0n) is 17.4. The number of anilines is 1. The third-order valence-corrected chi connectivity index (χ3v) is 6.79.